The lowest BCUT2D eigenvalue weighted by Gasteiger charge is -2.13. The van der Waals surface area contributed by atoms with Crippen LogP contribution >= 0.6 is 0 Å². The molecule has 2 N–H and O–H groups in total. The van der Waals surface area contributed by atoms with Gasteiger partial charge in [0, 0.05) is 0 Å². The van der Waals surface area contributed by atoms with Crippen molar-refractivity contribution in [2.75, 3.05) is 27.1 Å². The molecular weight excluding hydrogens is 263 g/mol. The van der Waals surface area contributed by atoms with Crippen molar-refractivity contribution in [1.29, 1.82) is 0 Å². The summed E-state index contributed by atoms with van der Waals surface area (Å²) in [7, 11) is 1.45. The molecular formula is C12H16F3NO3. The van der Waals surface area contributed by atoms with Gasteiger partial charge in [0.1, 0.15) is 6.61 Å². The van der Waals surface area contributed by atoms with Crippen molar-refractivity contribution < 1.29 is 27.4 Å². The van der Waals surface area contributed by atoms with Gasteiger partial charge in [0.2, 0.25) is 0 Å². The third-order valence-electron chi connectivity index (χ3n) is 2.22. The van der Waals surface area contributed by atoms with Crippen LogP contribution in [-0.2, 0) is 11.2 Å². The first-order valence-electron chi connectivity index (χ1n) is 5.60. The Morgan fingerprint density at radius 1 is 1.21 bits per heavy atom. The highest BCUT2D eigenvalue weighted by Gasteiger charge is 2.27. The summed E-state index contributed by atoms with van der Waals surface area (Å²) in [6.07, 6.45) is -3.68. The summed E-state index contributed by atoms with van der Waals surface area (Å²) in [6.45, 7) is -1.34. The Kier molecular flexibility index (Phi) is 5.91. The fourth-order valence-corrected chi connectivity index (χ4v) is 1.42. The van der Waals surface area contributed by atoms with Crippen molar-refractivity contribution in [2.45, 2.75) is 12.6 Å². The molecule has 0 heterocycles. The summed E-state index contributed by atoms with van der Waals surface area (Å²) in [6, 6.07) is 5.11. The molecule has 108 valence electrons. The molecule has 7 heteroatoms. The van der Waals surface area contributed by atoms with Gasteiger partial charge in [-0.1, -0.05) is 6.07 Å². The Balaban J connectivity index is 2.53. The monoisotopic (exact) mass is 279 g/mol. The first-order valence-corrected chi connectivity index (χ1v) is 5.60. The number of hydrogen-bond acceptors (Lipinski definition) is 4. The van der Waals surface area contributed by atoms with Crippen LogP contribution in [0.3, 0.4) is 0 Å². The van der Waals surface area contributed by atoms with Gasteiger partial charge in [0.05, 0.1) is 7.11 Å². The zero-order valence-electron chi connectivity index (χ0n) is 10.5. The fourth-order valence-electron chi connectivity index (χ4n) is 1.42. The second-order valence-electron chi connectivity index (χ2n) is 3.75. The van der Waals surface area contributed by atoms with Gasteiger partial charge in [-0.25, -0.2) is 0 Å². The lowest BCUT2D eigenvalue weighted by molar-refractivity contribution is -0.186. The van der Waals surface area contributed by atoms with Crippen LogP contribution in [0, 0.1) is 0 Å². The molecule has 0 saturated heterocycles. The molecule has 0 aromatic heterocycles. The molecule has 0 unspecified atom stereocenters. The van der Waals surface area contributed by atoms with Gasteiger partial charge in [-0.15, -0.1) is 0 Å². The van der Waals surface area contributed by atoms with Crippen LogP contribution in [0.2, 0.25) is 0 Å². The molecule has 0 spiro atoms. The first kappa shape index (κ1) is 15.6. The van der Waals surface area contributed by atoms with Gasteiger partial charge in [0.25, 0.3) is 0 Å². The van der Waals surface area contributed by atoms with E-state index in [4.69, 9.17) is 15.2 Å². The van der Waals surface area contributed by atoms with Crippen LogP contribution in [0.1, 0.15) is 5.56 Å². The van der Waals surface area contributed by atoms with Crippen LogP contribution < -0.4 is 15.2 Å². The average Bonchev–Trinajstić information content (AvgIpc) is 2.35. The molecule has 0 aliphatic heterocycles. The second-order valence-corrected chi connectivity index (χ2v) is 3.75. The molecule has 1 rings (SSSR count). The van der Waals surface area contributed by atoms with Gasteiger partial charge in [0.15, 0.2) is 18.3 Å². The SMILES string of the molecule is COc1cc(CCN)ccc1OCOCC(F)(F)F. The highest BCUT2D eigenvalue weighted by atomic mass is 19.4. The van der Waals surface area contributed by atoms with Crippen LogP contribution in [0.15, 0.2) is 18.2 Å². The highest BCUT2D eigenvalue weighted by molar-refractivity contribution is 5.43. The highest BCUT2D eigenvalue weighted by Crippen LogP contribution is 2.28. The molecule has 0 atom stereocenters. The van der Waals surface area contributed by atoms with Gasteiger partial charge >= 0.3 is 6.18 Å². The van der Waals surface area contributed by atoms with Crippen molar-refractivity contribution in [3.63, 3.8) is 0 Å². The predicted molar refractivity (Wildman–Crippen MR) is 63.3 cm³/mol. The number of ether oxygens (including phenoxy) is 3. The Morgan fingerprint density at radius 3 is 2.53 bits per heavy atom. The van der Waals surface area contributed by atoms with Crippen LogP contribution in [0.5, 0.6) is 11.5 Å². The van der Waals surface area contributed by atoms with Gasteiger partial charge in [-0.2, -0.15) is 13.2 Å². The van der Waals surface area contributed by atoms with Gasteiger partial charge < -0.3 is 19.9 Å². The van der Waals surface area contributed by atoms with Crippen molar-refractivity contribution in [1.82, 2.24) is 0 Å². The van der Waals surface area contributed by atoms with E-state index in [0.29, 0.717) is 24.5 Å². The Hall–Kier alpha value is -1.47. The maximum Gasteiger partial charge on any atom is 0.411 e. The van der Waals surface area contributed by atoms with Crippen molar-refractivity contribution >= 4 is 0 Å². The average molecular weight is 279 g/mol. The van der Waals surface area contributed by atoms with Crippen molar-refractivity contribution in [2.24, 2.45) is 5.73 Å². The zero-order valence-corrected chi connectivity index (χ0v) is 10.5. The number of alkyl halides is 3. The molecule has 0 saturated carbocycles. The zero-order chi connectivity index (χ0) is 14.3. The Labute approximate surface area is 109 Å². The normalized spacial score (nSPS) is 11.4. The van der Waals surface area contributed by atoms with E-state index in [1.165, 1.54) is 7.11 Å². The lowest BCUT2D eigenvalue weighted by Crippen LogP contribution is -2.19. The Morgan fingerprint density at radius 2 is 1.95 bits per heavy atom. The second kappa shape index (κ2) is 7.20. The van der Waals surface area contributed by atoms with E-state index in [9.17, 15) is 13.2 Å². The lowest BCUT2D eigenvalue weighted by atomic mass is 10.1. The summed E-state index contributed by atoms with van der Waals surface area (Å²) < 4.78 is 50.1. The number of benzene rings is 1. The molecule has 0 amide bonds. The summed E-state index contributed by atoms with van der Waals surface area (Å²) in [5.74, 6) is 0.756. The van der Waals surface area contributed by atoms with E-state index in [-0.39, 0.29) is 0 Å². The van der Waals surface area contributed by atoms with Crippen LogP contribution in [0.4, 0.5) is 13.2 Å². The van der Waals surface area contributed by atoms with Crippen LogP contribution in [-0.4, -0.2) is 33.2 Å². The minimum atomic E-state index is -4.36. The molecule has 0 bridgehead atoms. The summed E-state index contributed by atoms with van der Waals surface area (Å²) in [5.41, 5.74) is 6.39. The first-order chi connectivity index (χ1) is 8.96. The summed E-state index contributed by atoms with van der Waals surface area (Å²) in [5, 5.41) is 0. The summed E-state index contributed by atoms with van der Waals surface area (Å²) in [4.78, 5) is 0. The molecule has 0 aliphatic carbocycles. The third-order valence-corrected chi connectivity index (χ3v) is 2.22. The fraction of sp³-hybridized carbons (Fsp3) is 0.500. The predicted octanol–water partition coefficient (Wildman–Crippen LogP) is 2.11. The molecule has 0 radical (unpaired) electrons. The molecule has 1 aromatic rings. The largest absolute Gasteiger partial charge is 0.493 e. The van der Waals surface area contributed by atoms with Gasteiger partial charge in [-0.05, 0) is 30.7 Å². The van der Waals surface area contributed by atoms with Crippen molar-refractivity contribution in [3.8, 4) is 11.5 Å². The number of methoxy groups -OCH3 is 1. The minimum absolute atomic E-state index is 0.324. The molecule has 4 nitrogen and oxygen atoms in total. The quantitative estimate of drug-likeness (QED) is 0.613. The van der Waals surface area contributed by atoms with E-state index in [2.05, 4.69) is 4.74 Å². The maximum absolute atomic E-state index is 11.8. The van der Waals surface area contributed by atoms with Gasteiger partial charge in [-0.3, -0.25) is 0 Å². The third kappa shape index (κ3) is 5.80. The molecule has 19 heavy (non-hydrogen) atoms. The molecule has 0 fully saturated rings. The summed E-state index contributed by atoms with van der Waals surface area (Å²) >= 11 is 0. The van der Waals surface area contributed by atoms with E-state index >= 15 is 0 Å². The van der Waals surface area contributed by atoms with E-state index in [1.54, 1.807) is 18.2 Å². The number of halogens is 3. The standard InChI is InChI=1S/C12H16F3NO3/c1-17-11-6-9(4-5-16)2-3-10(11)19-8-18-7-12(13,14)15/h2-3,6H,4-5,7-8,16H2,1H3. The van der Waals surface area contributed by atoms with Crippen molar-refractivity contribution in [3.05, 3.63) is 23.8 Å². The van der Waals surface area contributed by atoms with E-state index in [1.807, 2.05) is 0 Å². The minimum Gasteiger partial charge on any atom is -0.493 e. The number of nitrogens with two attached hydrogens (primary N) is 1. The topological polar surface area (TPSA) is 53.7 Å². The number of rotatable bonds is 7. The molecule has 0 aliphatic rings. The van der Waals surface area contributed by atoms with E-state index < -0.39 is 19.6 Å². The van der Waals surface area contributed by atoms with E-state index in [0.717, 1.165) is 5.56 Å². The number of hydrogen-bond donors (Lipinski definition) is 1. The maximum atomic E-state index is 11.8. The van der Waals surface area contributed by atoms with Crippen LogP contribution in [0.25, 0.3) is 0 Å². The molecule has 1 aromatic carbocycles. The Bertz CT molecular complexity index is 396. The smallest absolute Gasteiger partial charge is 0.411 e.